The van der Waals surface area contributed by atoms with Crippen LogP contribution in [0.15, 0.2) is 65.5 Å². The molecule has 0 saturated heterocycles. The first-order valence-corrected chi connectivity index (χ1v) is 8.57. The topological polar surface area (TPSA) is 124 Å². The van der Waals surface area contributed by atoms with Gasteiger partial charge in [0.1, 0.15) is 6.54 Å². The molecule has 146 valence electrons. The average molecular weight is 392 g/mol. The molecule has 0 radical (unpaired) electrons. The lowest BCUT2D eigenvalue weighted by atomic mass is 10.1. The fourth-order valence-corrected chi connectivity index (χ4v) is 2.59. The lowest BCUT2D eigenvalue weighted by Crippen LogP contribution is -2.29. The summed E-state index contributed by atoms with van der Waals surface area (Å²) in [6.07, 6.45) is 0. The van der Waals surface area contributed by atoms with E-state index in [-0.39, 0.29) is 18.0 Å². The number of carbonyl (C=O) groups excluding carboxylic acids is 2. The second-order valence-electron chi connectivity index (χ2n) is 6.20. The first-order valence-electron chi connectivity index (χ1n) is 8.57. The normalized spacial score (nSPS) is 10.4. The zero-order chi connectivity index (χ0) is 21.0. The molecule has 29 heavy (non-hydrogen) atoms. The van der Waals surface area contributed by atoms with Crippen LogP contribution in [0.4, 0.5) is 11.4 Å². The van der Waals surface area contributed by atoms with Crippen LogP contribution < -0.4 is 10.9 Å². The van der Waals surface area contributed by atoms with Crippen LogP contribution in [0.5, 0.6) is 0 Å². The van der Waals surface area contributed by atoms with Gasteiger partial charge in [-0.25, -0.2) is 4.68 Å². The smallest absolute Gasteiger partial charge is 0.269 e. The van der Waals surface area contributed by atoms with Crippen molar-refractivity contribution in [2.45, 2.75) is 13.5 Å². The highest BCUT2D eigenvalue weighted by Crippen LogP contribution is 2.19. The third-order valence-corrected chi connectivity index (χ3v) is 4.11. The molecule has 0 aliphatic carbocycles. The van der Waals surface area contributed by atoms with E-state index in [9.17, 15) is 24.5 Å². The summed E-state index contributed by atoms with van der Waals surface area (Å²) in [5.74, 6) is -0.544. The molecule has 0 fully saturated rings. The van der Waals surface area contributed by atoms with Crippen LogP contribution in [0.2, 0.25) is 0 Å². The third kappa shape index (κ3) is 4.78. The zero-order valence-electron chi connectivity index (χ0n) is 15.4. The number of rotatable bonds is 6. The highest BCUT2D eigenvalue weighted by atomic mass is 16.6. The summed E-state index contributed by atoms with van der Waals surface area (Å²) in [4.78, 5) is 45.9. The Bertz CT molecular complexity index is 1130. The average Bonchev–Trinajstić information content (AvgIpc) is 2.70. The Morgan fingerprint density at radius 1 is 1.03 bits per heavy atom. The minimum Gasteiger partial charge on any atom is -0.324 e. The van der Waals surface area contributed by atoms with Crippen LogP contribution in [0.3, 0.4) is 0 Å². The van der Waals surface area contributed by atoms with Crippen molar-refractivity contribution in [1.82, 2.24) is 9.78 Å². The van der Waals surface area contributed by atoms with Gasteiger partial charge in [-0.15, -0.1) is 0 Å². The third-order valence-electron chi connectivity index (χ3n) is 4.11. The van der Waals surface area contributed by atoms with Gasteiger partial charge in [-0.2, -0.15) is 5.10 Å². The van der Waals surface area contributed by atoms with Crippen LogP contribution in [-0.2, 0) is 11.3 Å². The lowest BCUT2D eigenvalue weighted by molar-refractivity contribution is -0.384. The predicted molar refractivity (Wildman–Crippen MR) is 106 cm³/mol. The summed E-state index contributed by atoms with van der Waals surface area (Å²) in [7, 11) is 0. The van der Waals surface area contributed by atoms with Crippen LogP contribution in [0, 0.1) is 10.1 Å². The van der Waals surface area contributed by atoms with Gasteiger partial charge in [0.15, 0.2) is 5.78 Å². The second kappa shape index (κ2) is 8.26. The fraction of sp³-hybridized carbons (Fsp3) is 0.100. The van der Waals surface area contributed by atoms with Crippen molar-refractivity contribution < 1.29 is 14.5 Å². The second-order valence-corrected chi connectivity index (χ2v) is 6.20. The first-order chi connectivity index (χ1) is 13.8. The number of anilines is 1. The number of nitrogens with zero attached hydrogens (tertiary/aromatic N) is 3. The van der Waals surface area contributed by atoms with Crippen LogP contribution >= 0.6 is 0 Å². The minimum atomic E-state index is -0.509. The van der Waals surface area contributed by atoms with E-state index in [1.54, 1.807) is 24.3 Å². The Morgan fingerprint density at radius 3 is 2.28 bits per heavy atom. The molecular formula is C20H16N4O5. The molecule has 3 aromatic rings. The summed E-state index contributed by atoms with van der Waals surface area (Å²) in [5.41, 5.74) is 1.47. The summed E-state index contributed by atoms with van der Waals surface area (Å²) in [6.45, 7) is 1.14. The van der Waals surface area contributed by atoms with Crippen molar-refractivity contribution >= 4 is 23.1 Å². The number of hydrogen-bond donors (Lipinski definition) is 1. The fourth-order valence-electron chi connectivity index (χ4n) is 2.59. The molecule has 1 amide bonds. The van der Waals surface area contributed by atoms with E-state index in [1.165, 1.54) is 43.3 Å². The maximum atomic E-state index is 12.3. The number of nitrogens with one attached hydrogen (secondary N) is 1. The molecule has 0 saturated carbocycles. The van der Waals surface area contributed by atoms with Gasteiger partial charge in [-0.3, -0.25) is 24.5 Å². The maximum Gasteiger partial charge on any atom is 0.269 e. The van der Waals surface area contributed by atoms with E-state index >= 15 is 0 Å². The van der Waals surface area contributed by atoms with Crippen molar-refractivity contribution in [1.29, 1.82) is 0 Å². The number of hydrogen-bond acceptors (Lipinski definition) is 6. The number of nitro groups is 1. The largest absolute Gasteiger partial charge is 0.324 e. The maximum absolute atomic E-state index is 12.3. The molecule has 1 aromatic heterocycles. The van der Waals surface area contributed by atoms with Gasteiger partial charge >= 0.3 is 0 Å². The summed E-state index contributed by atoms with van der Waals surface area (Å²) in [5, 5.41) is 17.6. The van der Waals surface area contributed by atoms with Gasteiger partial charge in [0.2, 0.25) is 5.91 Å². The molecule has 9 heteroatoms. The Balaban J connectivity index is 1.75. The molecule has 2 aromatic carbocycles. The number of carbonyl (C=O) groups is 2. The van der Waals surface area contributed by atoms with Crippen LogP contribution in [0.25, 0.3) is 11.3 Å². The van der Waals surface area contributed by atoms with Crippen molar-refractivity contribution in [3.8, 4) is 11.3 Å². The number of amides is 1. The van der Waals surface area contributed by atoms with E-state index < -0.39 is 16.4 Å². The molecule has 1 N–H and O–H groups in total. The zero-order valence-corrected chi connectivity index (χ0v) is 15.4. The molecule has 1 heterocycles. The van der Waals surface area contributed by atoms with E-state index in [4.69, 9.17) is 0 Å². The summed E-state index contributed by atoms with van der Waals surface area (Å²) >= 11 is 0. The molecule has 0 spiro atoms. The Labute approximate surface area is 164 Å². The van der Waals surface area contributed by atoms with E-state index in [1.807, 2.05) is 0 Å². The van der Waals surface area contributed by atoms with Gasteiger partial charge in [-0.1, -0.05) is 0 Å². The monoisotopic (exact) mass is 392 g/mol. The molecule has 0 aliphatic heterocycles. The van der Waals surface area contributed by atoms with Crippen LogP contribution in [-0.4, -0.2) is 26.4 Å². The summed E-state index contributed by atoms with van der Waals surface area (Å²) < 4.78 is 1.01. The number of benzene rings is 2. The number of Topliss-reactive ketones (excluding diaryl/α,β-unsaturated/α-hetero) is 1. The lowest BCUT2D eigenvalue weighted by Gasteiger charge is -2.09. The molecule has 3 rings (SSSR count). The number of aromatic nitrogens is 2. The molecule has 9 nitrogen and oxygen atoms in total. The van der Waals surface area contributed by atoms with Gasteiger partial charge in [0.25, 0.3) is 11.2 Å². The van der Waals surface area contributed by atoms with Gasteiger partial charge in [0, 0.05) is 35.0 Å². The van der Waals surface area contributed by atoms with Crippen LogP contribution in [0.1, 0.15) is 17.3 Å². The highest BCUT2D eigenvalue weighted by molar-refractivity contribution is 5.95. The van der Waals surface area contributed by atoms with E-state index in [2.05, 4.69) is 10.4 Å². The number of ketones is 1. The standard InChI is InChI=1S/C20H16N4O5/c1-13(25)14-2-6-16(7-3-14)21-19(26)12-23-20(27)11-10-18(22-23)15-4-8-17(9-5-15)24(28)29/h2-11H,12H2,1H3,(H,21,26). The number of nitro benzene ring substituents is 1. The molecule has 0 bridgehead atoms. The molecule has 0 unspecified atom stereocenters. The van der Waals surface area contributed by atoms with Crippen molar-refractivity contribution in [2.75, 3.05) is 5.32 Å². The van der Waals surface area contributed by atoms with Gasteiger partial charge in [-0.05, 0) is 49.4 Å². The number of non-ortho nitro benzene ring substituents is 1. The van der Waals surface area contributed by atoms with E-state index in [0.717, 1.165) is 4.68 Å². The Hall–Kier alpha value is -4.14. The van der Waals surface area contributed by atoms with Gasteiger partial charge in [0.05, 0.1) is 10.6 Å². The minimum absolute atomic E-state index is 0.0581. The Morgan fingerprint density at radius 2 is 1.69 bits per heavy atom. The van der Waals surface area contributed by atoms with Crippen molar-refractivity contribution in [3.63, 3.8) is 0 Å². The molecule has 0 atom stereocenters. The van der Waals surface area contributed by atoms with E-state index in [0.29, 0.717) is 22.5 Å². The van der Waals surface area contributed by atoms with Gasteiger partial charge < -0.3 is 5.32 Å². The Kier molecular flexibility index (Phi) is 5.59. The van der Waals surface area contributed by atoms with Crippen molar-refractivity contribution in [2.24, 2.45) is 0 Å². The summed E-state index contributed by atoms with van der Waals surface area (Å²) in [6, 6.07) is 14.9. The first kappa shape index (κ1) is 19.6. The molecular weight excluding hydrogens is 376 g/mol. The SMILES string of the molecule is CC(=O)c1ccc(NC(=O)Cn2nc(-c3ccc([N+](=O)[O-])cc3)ccc2=O)cc1. The highest BCUT2D eigenvalue weighted by Gasteiger charge is 2.10. The predicted octanol–water partition coefficient (Wildman–Crippen LogP) is 2.66. The quantitative estimate of drug-likeness (QED) is 0.391. The van der Waals surface area contributed by atoms with Crippen molar-refractivity contribution in [3.05, 3.63) is 86.7 Å². The molecule has 0 aliphatic rings.